The lowest BCUT2D eigenvalue weighted by Gasteiger charge is -2.11. The molecule has 184 valence electrons. The zero-order valence-electron chi connectivity index (χ0n) is 18.6. The predicted octanol–water partition coefficient (Wildman–Crippen LogP) is 4.34. The minimum Gasteiger partial charge on any atom is -0.382 e. The van der Waals surface area contributed by atoms with Gasteiger partial charge in [0, 0.05) is 11.8 Å². The number of fused-ring (bicyclic) bond motifs is 2. The minimum atomic E-state index is -4.61. The Morgan fingerprint density at radius 1 is 1.22 bits per heavy atom. The van der Waals surface area contributed by atoms with E-state index >= 15 is 4.39 Å². The maximum Gasteiger partial charge on any atom is 0.405 e. The molecule has 3 heterocycles. The Balaban J connectivity index is 1.53. The summed E-state index contributed by atoms with van der Waals surface area (Å²) in [5, 5.41) is 8.67. The molecule has 0 spiro atoms. The van der Waals surface area contributed by atoms with Crippen LogP contribution in [0.25, 0.3) is 27.7 Å². The van der Waals surface area contributed by atoms with Gasteiger partial charge in [-0.25, -0.2) is 18.9 Å². The molecule has 36 heavy (non-hydrogen) atoms. The molecule has 13 heteroatoms. The molecule has 0 fully saturated rings. The van der Waals surface area contributed by atoms with E-state index in [2.05, 4.69) is 25.4 Å². The SMILES string of the molecule is Cc1cccc2nc(Nc3ccc(-c4c(C(=O)NCC(F)(F)F)cn5ncnc(N)c45)cc3F)[nH]c12. The molecule has 0 aliphatic heterocycles. The van der Waals surface area contributed by atoms with Gasteiger partial charge < -0.3 is 21.4 Å². The number of aromatic nitrogens is 5. The largest absolute Gasteiger partial charge is 0.405 e. The lowest BCUT2D eigenvalue weighted by Crippen LogP contribution is -2.33. The van der Waals surface area contributed by atoms with E-state index in [-0.39, 0.29) is 33.7 Å². The van der Waals surface area contributed by atoms with Crippen LogP contribution in [0.5, 0.6) is 0 Å². The molecule has 5 aromatic rings. The van der Waals surface area contributed by atoms with Gasteiger partial charge in [0.15, 0.2) is 5.82 Å². The van der Waals surface area contributed by atoms with Crippen LogP contribution in [-0.4, -0.2) is 43.2 Å². The highest BCUT2D eigenvalue weighted by atomic mass is 19.4. The number of rotatable bonds is 5. The molecule has 1 amide bonds. The summed E-state index contributed by atoms with van der Waals surface area (Å²) in [6.07, 6.45) is -2.26. The van der Waals surface area contributed by atoms with E-state index in [1.165, 1.54) is 22.8 Å². The van der Waals surface area contributed by atoms with Crippen molar-refractivity contribution in [3.63, 3.8) is 0 Å². The summed E-state index contributed by atoms with van der Waals surface area (Å²) in [4.78, 5) is 24.0. The van der Waals surface area contributed by atoms with Crippen LogP contribution in [0.3, 0.4) is 0 Å². The average Bonchev–Trinajstić information content (AvgIpc) is 3.41. The molecule has 3 aromatic heterocycles. The number of anilines is 3. The van der Waals surface area contributed by atoms with Crippen LogP contribution >= 0.6 is 0 Å². The standard InChI is InChI=1S/C23H18F4N8O/c1-11-3-2-4-16-18(11)34-22(33-16)32-15-6-5-12(7-14(15)24)17-13(21(36)29-9-23(25,26)27)8-35-19(17)20(28)30-10-31-35/h2-8,10H,9H2,1H3,(H,29,36)(H2,28,30,31)(H2,32,33,34). The van der Waals surface area contributed by atoms with E-state index in [9.17, 15) is 18.0 Å². The first-order valence-corrected chi connectivity index (χ1v) is 10.6. The fraction of sp³-hybridized carbons (Fsp3) is 0.130. The van der Waals surface area contributed by atoms with E-state index in [0.29, 0.717) is 11.5 Å². The molecular formula is C23H18F4N8O. The van der Waals surface area contributed by atoms with E-state index in [1.54, 1.807) is 0 Å². The Hall–Kier alpha value is -4.68. The number of carbonyl (C=O) groups excluding carboxylic acids is 1. The molecule has 0 saturated carbocycles. The quantitative estimate of drug-likeness (QED) is 0.267. The topological polar surface area (TPSA) is 126 Å². The van der Waals surface area contributed by atoms with Crippen LogP contribution < -0.4 is 16.4 Å². The summed E-state index contributed by atoms with van der Waals surface area (Å²) in [5.41, 5.74) is 8.82. The number of nitrogens with two attached hydrogens (primary N) is 1. The molecule has 5 N–H and O–H groups in total. The van der Waals surface area contributed by atoms with Crippen molar-refractivity contribution in [2.45, 2.75) is 13.1 Å². The molecular weight excluding hydrogens is 480 g/mol. The van der Waals surface area contributed by atoms with Crippen LogP contribution in [0.15, 0.2) is 48.9 Å². The number of benzene rings is 2. The molecule has 0 radical (unpaired) electrons. The number of aromatic amines is 1. The van der Waals surface area contributed by atoms with Crippen molar-refractivity contribution in [1.29, 1.82) is 0 Å². The second-order valence-electron chi connectivity index (χ2n) is 8.03. The summed E-state index contributed by atoms with van der Waals surface area (Å²) >= 11 is 0. The summed E-state index contributed by atoms with van der Waals surface area (Å²) in [5.74, 6) is -1.42. The van der Waals surface area contributed by atoms with Crippen molar-refractivity contribution in [2.24, 2.45) is 0 Å². The number of hydrogen-bond acceptors (Lipinski definition) is 6. The van der Waals surface area contributed by atoms with Crippen molar-refractivity contribution >= 4 is 39.9 Å². The van der Waals surface area contributed by atoms with Gasteiger partial charge in [-0.1, -0.05) is 18.2 Å². The van der Waals surface area contributed by atoms with Crippen LogP contribution in [0.1, 0.15) is 15.9 Å². The van der Waals surface area contributed by atoms with Crippen molar-refractivity contribution < 1.29 is 22.4 Å². The number of imidazole rings is 1. The molecule has 5 rings (SSSR count). The van der Waals surface area contributed by atoms with Gasteiger partial charge in [0.1, 0.15) is 24.2 Å². The molecule has 9 nitrogen and oxygen atoms in total. The minimum absolute atomic E-state index is 0.0323. The number of H-pyrrole nitrogens is 1. The Morgan fingerprint density at radius 2 is 2.03 bits per heavy atom. The Kier molecular flexibility index (Phi) is 5.46. The van der Waals surface area contributed by atoms with Crippen LogP contribution in [0.4, 0.5) is 35.0 Å². The van der Waals surface area contributed by atoms with Crippen molar-refractivity contribution in [3.05, 3.63) is 65.9 Å². The van der Waals surface area contributed by atoms with Gasteiger partial charge in [-0.05, 0) is 36.2 Å². The van der Waals surface area contributed by atoms with Crippen molar-refractivity contribution in [2.75, 3.05) is 17.6 Å². The Labute approximate surface area is 200 Å². The van der Waals surface area contributed by atoms with Gasteiger partial charge in [0.2, 0.25) is 5.95 Å². The van der Waals surface area contributed by atoms with E-state index < -0.39 is 24.4 Å². The molecule has 0 unspecified atom stereocenters. The molecule has 0 aliphatic carbocycles. The predicted molar refractivity (Wildman–Crippen MR) is 125 cm³/mol. The third kappa shape index (κ3) is 4.26. The van der Waals surface area contributed by atoms with Gasteiger partial charge in [-0.3, -0.25) is 4.79 Å². The first kappa shape index (κ1) is 23.1. The highest BCUT2D eigenvalue weighted by Crippen LogP contribution is 2.34. The fourth-order valence-corrected chi connectivity index (χ4v) is 3.91. The highest BCUT2D eigenvalue weighted by Gasteiger charge is 2.29. The van der Waals surface area contributed by atoms with Crippen molar-refractivity contribution in [3.8, 4) is 11.1 Å². The molecule has 0 atom stereocenters. The van der Waals surface area contributed by atoms with Crippen molar-refractivity contribution in [1.82, 2.24) is 29.9 Å². The number of nitrogen functional groups attached to an aromatic ring is 1. The summed E-state index contributed by atoms with van der Waals surface area (Å²) in [7, 11) is 0. The van der Waals surface area contributed by atoms with Gasteiger partial charge in [-0.2, -0.15) is 18.3 Å². The summed E-state index contributed by atoms with van der Waals surface area (Å²) in [6.45, 7) is 0.381. The normalized spacial score (nSPS) is 11.8. The molecule has 0 aliphatic rings. The first-order valence-electron chi connectivity index (χ1n) is 10.6. The average molecular weight is 498 g/mol. The van der Waals surface area contributed by atoms with Gasteiger partial charge >= 0.3 is 6.18 Å². The number of amides is 1. The molecule has 2 aromatic carbocycles. The smallest absolute Gasteiger partial charge is 0.382 e. The zero-order chi connectivity index (χ0) is 25.6. The second-order valence-corrected chi connectivity index (χ2v) is 8.03. The van der Waals surface area contributed by atoms with E-state index in [4.69, 9.17) is 5.73 Å². The Morgan fingerprint density at radius 3 is 2.75 bits per heavy atom. The highest BCUT2D eigenvalue weighted by molar-refractivity contribution is 6.07. The number of hydrogen-bond donors (Lipinski definition) is 4. The van der Waals surface area contributed by atoms with Crippen LogP contribution in [-0.2, 0) is 0 Å². The number of para-hydroxylation sites is 1. The van der Waals surface area contributed by atoms with Crippen LogP contribution in [0, 0.1) is 12.7 Å². The number of nitrogens with one attached hydrogen (secondary N) is 3. The third-order valence-electron chi connectivity index (χ3n) is 5.53. The Bertz CT molecular complexity index is 1620. The molecule has 0 bridgehead atoms. The number of carbonyl (C=O) groups is 1. The first-order chi connectivity index (χ1) is 17.1. The lowest BCUT2D eigenvalue weighted by molar-refractivity contribution is -0.123. The maximum absolute atomic E-state index is 15.2. The van der Waals surface area contributed by atoms with Crippen LogP contribution in [0.2, 0.25) is 0 Å². The number of aryl methyl sites for hydroxylation is 1. The lowest BCUT2D eigenvalue weighted by atomic mass is 10.0. The number of alkyl halides is 3. The summed E-state index contributed by atoms with van der Waals surface area (Å²) in [6, 6.07) is 9.66. The van der Waals surface area contributed by atoms with Gasteiger partial charge in [0.25, 0.3) is 5.91 Å². The fourth-order valence-electron chi connectivity index (χ4n) is 3.91. The number of halogens is 4. The number of nitrogens with zero attached hydrogens (tertiary/aromatic N) is 4. The zero-order valence-corrected chi connectivity index (χ0v) is 18.6. The second kappa shape index (κ2) is 8.52. The van der Waals surface area contributed by atoms with Gasteiger partial charge in [-0.15, -0.1) is 0 Å². The molecule has 0 saturated heterocycles. The van der Waals surface area contributed by atoms with E-state index in [0.717, 1.165) is 23.5 Å². The summed E-state index contributed by atoms with van der Waals surface area (Å²) < 4.78 is 54.4. The van der Waals surface area contributed by atoms with E-state index in [1.807, 2.05) is 30.4 Å². The third-order valence-corrected chi connectivity index (χ3v) is 5.53. The van der Waals surface area contributed by atoms with Gasteiger partial charge in [0.05, 0.1) is 22.3 Å². The monoisotopic (exact) mass is 498 g/mol. The maximum atomic E-state index is 15.2.